The first-order valence-corrected chi connectivity index (χ1v) is 9.64. The lowest BCUT2D eigenvalue weighted by molar-refractivity contribution is 0.0793. The van der Waals surface area contributed by atoms with Crippen LogP contribution in [0.5, 0.6) is 0 Å². The zero-order valence-corrected chi connectivity index (χ0v) is 16.0. The fraction of sp³-hybridized carbons (Fsp3) is 0.381. The quantitative estimate of drug-likeness (QED) is 0.715. The van der Waals surface area contributed by atoms with Crippen LogP contribution < -0.4 is 5.32 Å². The maximum Gasteiger partial charge on any atom is 0.318 e. The first-order valence-electron chi connectivity index (χ1n) is 9.64. The van der Waals surface area contributed by atoms with Crippen molar-refractivity contribution in [2.45, 2.75) is 32.0 Å². The maximum absolute atomic E-state index is 12.9. The van der Waals surface area contributed by atoms with E-state index >= 15 is 0 Å². The average molecular weight is 379 g/mol. The SMILES string of the molecule is Cn1c(CNC(=O)N(Cc2ccncc2)CC2CCCO2)nc2ccccc21. The smallest absolute Gasteiger partial charge is 0.318 e. The van der Waals surface area contributed by atoms with E-state index in [1.54, 1.807) is 12.4 Å². The van der Waals surface area contributed by atoms with E-state index in [9.17, 15) is 4.79 Å². The number of carbonyl (C=O) groups is 1. The molecule has 1 fully saturated rings. The lowest BCUT2D eigenvalue weighted by Crippen LogP contribution is -2.43. The second kappa shape index (κ2) is 8.39. The number of aryl methyl sites for hydroxylation is 1. The van der Waals surface area contributed by atoms with Gasteiger partial charge >= 0.3 is 6.03 Å². The van der Waals surface area contributed by atoms with Gasteiger partial charge in [-0.25, -0.2) is 9.78 Å². The van der Waals surface area contributed by atoms with Crippen molar-refractivity contribution in [3.05, 3.63) is 60.2 Å². The number of nitrogens with zero attached hydrogens (tertiary/aromatic N) is 4. The number of para-hydroxylation sites is 2. The minimum atomic E-state index is -0.112. The van der Waals surface area contributed by atoms with E-state index in [1.165, 1.54) is 0 Å². The first kappa shape index (κ1) is 18.4. The molecule has 0 saturated carbocycles. The molecule has 1 saturated heterocycles. The van der Waals surface area contributed by atoms with E-state index in [-0.39, 0.29) is 12.1 Å². The summed E-state index contributed by atoms with van der Waals surface area (Å²) < 4.78 is 7.76. The van der Waals surface area contributed by atoms with Crippen LogP contribution in [-0.4, -0.2) is 44.7 Å². The summed E-state index contributed by atoms with van der Waals surface area (Å²) in [6, 6.07) is 11.7. The number of benzene rings is 1. The summed E-state index contributed by atoms with van der Waals surface area (Å²) in [6.45, 7) is 2.26. The number of fused-ring (bicyclic) bond motifs is 1. The van der Waals surface area contributed by atoms with Gasteiger partial charge in [0.25, 0.3) is 0 Å². The van der Waals surface area contributed by atoms with Gasteiger partial charge in [0.2, 0.25) is 0 Å². The normalized spacial score (nSPS) is 16.4. The Hall–Kier alpha value is -2.93. The molecule has 3 aromatic rings. The van der Waals surface area contributed by atoms with Crippen molar-refractivity contribution in [2.24, 2.45) is 7.05 Å². The number of hydrogen-bond donors (Lipinski definition) is 1. The molecule has 0 bridgehead atoms. The van der Waals surface area contributed by atoms with Gasteiger partial charge in [-0.05, 0) is 42.7 Å². The van der Waals surface area contributed by atoms with Crippen LogP contribution in [0, 0.1) is 0 Å². The lowest BCUT2D eigenvalue weighted by Gasteiger charge is -2.25. The average Bonchev–Trinajstić information content (AvgIpc) is 3.35. The summed E-state index contributed by atoms with van der Waals surface area (Å²) >= 11 is 0. The number of ether oxygens (including phenoxy) is 1. The Morgan fingerprint density at radius 3 is 2.86 bits per heavy atom. The standard InChI is InChI=1S/C21H25N5O2/c1-25-19-7-3-2-6-18(19)24-20(25)13-23-21(27)26(15-17-5-4-12-28-17)14-16-8-10-22-11-9-16/h2-3,6-11,17H,4-5,12-15H2,1H3,(H,23,27). The Balaban J connectivity index is 1.45. The third-order valence-electron chi connectivity index (χ3n) is 5.14. The lowest BCUT2D eigenvalue weighted by atomic mass is 10.2. The number of hydrogen-bond acceptors (Lipinski definition) is 4. The Morgan fingerprint density at radius 1 is 1.29 bits per heavy atom. The minimum absolute atomic E-state index is 0.100. The molecule has 1 N–H and O–H groups in total. The molecule has 1 unspecified atom stereocenters. The Bertz CT molecular complexity index is 934. The highest BCUT2D eigenvalue weighted by Gasteiger charge is 2.23. The summed E-state index contributed by atoms with van der Waals surface area (Å²) in [5.74, 6) is 0.829. The van der Waals surface area contributed by atoms with E-state index in [2.05, 4.69) is 15.3 Å². The molecule has 0 radical (unpaired) electrons. The predicted octanol–water partition coefficient (Wildman–Crippen LogP) is 2.86. The van der Waals surface area contributed by atoms with E-state index in [0.29, 0.717) is 19.6 Å². The van der Waals surface area contributed by atoms with Crippen molar-refractivity contribution >= 4 is 17.1 Å². The number of carbonyl (C=O) groups excluding carboxylic acids is 1. The van der Waals surface area contributed by atoms with Crippen LogP contribution >= 0.6 is 0 Å². The molecular weight excluding hydrogens is 354 g/mol. The van der Waals surface area contributed by atoms with Gasteiger partial charge in [-0.1, -0.05) is 12.1 Å². The molecule has 7 nitrogen and oxygen atoms in total. The third kappa shape index (κ3) is 4.14. The van der Waals surface area contributed by atoms with Crippen LogP contribution in [0.3, 0.4) is 0 Å². The predicted molar refractivity (Wildman–Crippen MR) is 107 cm³/mol. The van der Waals surface area contributed by atoms with Gasteiger partial charge in [0.15, 0.2) is 0 Å². The zero-order valence-electron chi connectivity index (χ0n) is 16.0. The van der Waals surface area contributed by atoms with Gasteiger partial charge in [0.05, 0.1) is 23.7 Å². The fourth-order valence-electron chi connectivity index (χ4n) is 3.58. The number of amides is 2. The van der Waals surface area contributed by atoms with Crippen LogP contribution in [0.2, 0.25) is 0 Å². The number of urea groups is 1. The monoisotopic (exact) mass is 379 g/mol. The molecule has 1 aromatic carbocycles. The van der Waals surface area contributed by atoms with Gasteiger partial charge in [-0.15, -0.1) is 0 Å². The summed E-state index contributed by atoms with van der Waals surface area (Å²) in [4.78, 5) is 23.4. The van der Waals surface area contributed by atoms with Gasteiger partial charge in [-0.3, -0.25) is 4.98 Å². The summed E-state index contributed by atoms with van der Waals surface area (Å²) in [5.41, 5.74) is 3.04. The summed E-state index contributed by atoms with van der Waals surface area (Å²) in [6.07, 6.45) is 5.64. The number of nitrogens with one attached hydrogen (secondary N) is 1. The molecule has 2 aromatic heterocycles. The van der Waals surface area contributed by atoms with Crippen molar-refractivity contribution in [1.82, 2.24) is 24.8 Å². The highest BCUT2D eigenvalue weighted by molar-refractivity contribution is 5.76. The Labute approximate surface area is 164 Å². The van der Waals surface area contributed by atoms with Gasteiger partial charge in [0.1, 0.15) is 5.82 Å². The molecule has 7 heteroatoms. The van der Waals surface area contributed by atoms with Crippen molar-refractivity contribution in [3.63, 3.8) is 0 Å². The molecule has 1 atom stereocenters. The van der Waals surface area contributed by atoms with Crippen LogP contribution in [-0.2, 0) is 24.9 Å². The third-order valence-corrected chi connectivity index (χ3v) is 5.14. The molecular formula is C21H25N5O2. The number of imidazole rings is 1. The molecule has 0 aliphatic carbocycles. The zero-order chi connectivity index (χ0) is 19.3. The topological polar surface area (TPSA) is 72.3 Å². The van der Waals surface area contributed by atoms with Gasteiger partial charge in [-0.2, -0.15) is 0 Å². The number of aromatic nitrogens is 3. The van der Waals surface area contributed by atoms with Crippen LogP contribution in [0.1, 0.15) is 24.2 Å². The number of pyridine rings is 1. The van der Waals surface area contributed by atoms with Crippen LogP contribution in [0.25, 0.3) is 11.0 Å². The van der Waals surface area contributed by atoms with Gasteiger partial charge < -0.3 is 19.5 Å². The summed E-state index contributed by atoms with van der Waals surface area (Å²) in [5, 5.41) is 3.03. The maximum atomic E-state index is 12.9. The van der Waals surface area contributed by atoms with Crippen molar-refractivity contribution in [2.75, 3.05) is 13.2 Å². The van der Waals surface area contributed by atoms with Crippen molar-refractivity contribution in [1.29, 1.82) is 0 Å². The van der Waals surface area contributed by atoms with Crippen LogP contribution in [0.15, 0.2) is 48.8 Å². The molecule has 28 heavy (non-hydrogen) atoms. The molecule has 3 heterocycles. The highest BCUT2D eigenvalue weighted by Crippen LogP contribution is 2.16. The van der Waals surface area contributed by atoms with Crippen LogP contribution in [0.4, 0.5) is 4.79 Å². The molecule has 1 aliphatic rings. The molecule has 4 rings (SSSR count). The first-order chi connectivity index (χ1) is 13.7. The minimum Gasteiger partial charge on any atom is -0.376 e. The second-order valence-electron chi connectivity index (χ2n) is 7.11. The van der Waals surface area contributed by atoms with Crippen molar-refractivity contribution < 1.29 is 9.53 Å². The largest absolute Gasteiger partial charge is 0.376 e. The van der Waals surface area contributed by atoms with E-state index in [4.69, 9.17) is 4.74 Å². The summed E-state index contributed by atoms with van der Waals surface area (Å²) in [7, 11) is 1.97. The second-order valence-corrected chi connectivity index (χ2v) is 7.11. The molecule has 146 valence electrons. The van der Waals surface area contributed by atoms with E-state index in [1.807, 2.05) is 52.9 Å². The molecule has 0 spiro atoms. The van der Waals surface area contributed by atoms with E-state index in [0.717, 1.165) is 41.9 Å². The fourth-order valence-corrected chi connectivity index (χ4v) is 3.58. The van der Waals surface area contributed by atoms with Crippen molar-refractivity contribution in [3.8, 4) is 0 Å². The Morgan fingerprint density at radius 2 is 2.11 bits per heavy atom. The number of rotatable bonds is 6. The molecule has 1 aliphatic heterocycles. The van der Waals surface area contributed by atoms with E-state index < -0.39 is 0 Å². The Kier molecular flexibility index (Phi) is 5.53. The highest BCUT2D eigenvalue weighted by atomic mass is 16.5. The van der Waals surface area contributed by atoms with Gasteiger partial charge in [0, 0.05) is 39.1 Å². The molecule has 2 amide bonds.